The summed E-state index contributed by atoms with van der Waals surface area (Å²) < 4.78 is 32.7. The molecule has 1 aromatic rings. The largest absolute Gasteiger partial charge is 0.462 e. The van der Waals surface area contributed by atoms with Crippen LogP contribution >= 0.6 is 12.4 Å². The Hall–Kier alpha value is -1.15. The van der Waals surface area contributed by atoms with Crippen molar-refractivity contribution in [2.45, 2.75) is 55.6 Å². The molecule has 134 valence electrons. The van der Waals surface area contributed by atoms with Crippen LogP contribution in [0.5, 0.6) is 0 Å². The van der Waals surface area contributed by atoms with Gasteiger partial charge in [-0.1, -0.05) is 0 Å². The first kappa shape index (κ1) is 19.2. The van der Waals surface area contributed by atoms with Gasteiger partial charge in [-0.15, -0.1) is 12.4 Å². The lowest BCUT2D eigenvalue weighted by Gasteiger charge is -2.29. The van der Waals surface area contributed by atoms with Crippen molar-refractivity contribution in [2.24, 2.45) is 0 Å². The number of hydrogen-bond acceptors (Lipinski definition) is 5. The van der Waals surface area contributed by atoms with Gasteiger partial charge in [0.05, 0.1) is 17.1 Å². The molecule has 3 rings (SSSR count). The Kier molecular flexibility index (Phi) is 6.25. The van der Waals surface area contributed by atoms with Crippen LogP contribution < -0.4 is 10.0 Å². The van der Waals surface area contributed by atoms with E-state index in [-0.39, 0.29) is 23.3 Å². The van der Waals surface area contributed by atoms with E-state index in [2.05, 4.69) is 10.0 Å². The smallest absolute Gasteiger partial charge is 0.338 e. The summed E-state index contributed by atoms with van der Waals surface area (Å²) in [6.07, 6.45) is 3.90. The van der Waals surface area contributed by atoms with E-state index in [0.717, 1.165) is 25.7 Å². The molecule has 2 bridgehead atoms. The van der Waals surface area contributed by atoms with Gasteiger partial charge in [-0.3, -0.25) is 0 Å². The molecule has 2 unspecified atom stereocenters. The van der Waals surface area contributed by atoms with Gasteiger partial charge in [0.1, 0.15) is 0 Å². The average Bonchev–Trinajstić information content (AvgIpc) is 2.86. The number of fused-ring (bicyclic) bond motifs is 2. The number of nitrogens with one attached hydrogen (secondary N) is 2. The average molecular weight is 375 g/mol. The molecule has 2 atom stereocenters. The topological polar surface area (TPSA) is 84.5 Å². The van der Waals surface area contributed by atoms with Gasteiger partial charge in [-0.05, 0) is 56.9 Å². The van der Waals surface area contributed by atoms with Crippen molar-refractivity contribution in [3.8, 4) is 0 Å². The summed E-state index contributed by atoms with van der Waals surface area (Å²) in [7, 11) is -3.56. The summed E-state index contributed by atoms with van der Waals surface area (Å²) in [5.74, 6) is -0.445. The molecule has 0 aliphatic carbocycles. The van der Waals surface area contributed by atoms with E-state index in [1.165, 1.54) is 24.3 Å². The fourth-order valence-corrected chi connectivity index (χ4v) is 4.69. The molecule has 8 heteroatoms. The van der Waals surface area contributed by atoms with Crippen molar-refractivity contribution < 1.29 is 17.9 Å². The molecule has 0 aromatic heterocycles. The van der Waals surface area contributed by atoms with Crippen LogP contribution in [0.25, 0.3) is 0 Å². The summed E-state index contributed by atoms with van der Waals surface area (Å²) in [5, 5.41) is 3.49. The van der Waals surface area contributed by atoms with Crippen molar-refractivity contribution in [1.29, 1.82) is 0 Å². The highest BCUT2D eigenvalue weighted by Gasteiger charge is 2.35. The van der Waals surface area contributed by atoms with Gasteiger partial charge >= 0.3 is 5.97 Å². The molecule has 2 aliphatic rings. The summed E-state index contributed by atoms with van der Waals surface area (Å²) >= 11 is 0. The van der Waals surface area contributed by atoms with Crippen LogP contribution in [0.2, 0.25) is 0 Å². The zero-order valence-corrected chi connectivity index (χ0v) is 15.2. The maximum atomic E-state index is 12.5. The third-order valence-electron chi connectivity index (χ3n) is 4.47. The maximum Gasteiger partial charge on any atom is 0.338 e. The maximum absolute atomic E-state index is 12.5. The fraction of sp³-hybridized carbons (Fsp3) is 0.562. The van der Waals surface area contributed by atoms with Gasteiger partial charge in [-0.2, -0.15) is 0 Å². The number of rotatable bonds is 5. The normalized spacial score (nSPS) is 25.8. The van der Waals surface area contributed by atoms with Crippen LogP contribution in [0.3, 0.4) is 0 Å². The number of hydrogen-bond donors (Lipinski definition) is 2. The van der Waals surface area contributed by atoms with Crippen molar-refractivity contribution >= 4 is 28.4 Å². The SMILES string of the molecule is CCOC(=O)c1ccc(S(=O)(=O)NC2CC3CCC(C2)N3)cc1.Cl. The predicted molar refractivity (Wildman–Crippen MR) is 92.9 cm³/mol. The van der Waals surface area contributed by atoms with Crippen LogP contribution in [0.1, 0.15) is 43.0 Å². The highest BCUT2D eigenvalue weighted by Crippen LogP contribution is 2.27. The summed E-state index contributed by atoms with van der Waals surface area (Å²) in [5.41, 5.74) is 0.353. The second-order valence-electron chi connectivity index (χ2n) is 6.17. The minimum absolute atomic E-state index is 0. The molecule has 24 heavy (non-hydrogen) atoms. The van der Waals surface area contributed by atoms with Crippen LogP contribution in [-0.4, -0.2) is 39.1 Å². The van der Waals surface area contributed by atoms with Gasteiger partial charge in [0.25, 0.3) is 0 Å². The highest BCUT2D eigenvalue weighted by molar-refractivity contribution is 7.89. The summed E-state index contributed by atoms with van der Waals surface area (Å²) in [6.45, 7) is 2.02. The van der Waals surface area contributed by atoms with E-state index >= 15 is 0 Å². The Labute approximate surface area is 148 Å². The summed E-state index contributed by atoms with van der Waals surface area (Å²) in [6, 6.07) is 6.69. The van der Waals surface area contributed by atoms with E-state index < -0.39 is 16.0 Å². The molecule has 2 fully saturated rings. The van der Waals surface area contributed by atoms with E-state index in [1.807, 2.05) is 0 Å². The molecule has 0 radical (unpaired) electrons. The van der Waals surface area contributed by atoms with E-state index in [0.29, 0.717) is 24.3 Å². The standard InChI is InChI=1S/C16H22N2O4S.ClH/c1-2-22-16(19)11-3-7-15(8-4-11)23(20,21)18-14-9-12-5-6-13(10-14)17-12;/h3-4,7-8,12-14,17-18H,2,5-6,9-10H2,1H3;1H. The molecular weight excluding hydrogens is 352 g/mol. The number of esters is 1. The molecular formula is C16H23ClN2O4S. The zero-order valence-electron chi connectivity index (χ0n) is 13.5. The lowest BCUT2D eigenvalue weighted by atomic mass is 10.0. The van der Waals surface area contributed by atoms with E-state index in [9.17, 15) is 13.2 Å². The van der Waals surface area contributed by atoms with Crippen LogP contribution in [-0.2, 0) is 14.8 Å². The number of piperidine rings is 1. The van der Waals surface area contributed by atoms with E-state index in [4.69, 9.17) is 4.74 Å². The number of carbonyl (C=O) groups is 1. The molecule has 2 N–H and O–H groups in total. The van der Waals surface area contributed by atoms with Gasteiger partial charge in [-0.25, -0.2) is 17.9 Å². The summed E-state index contributed by atoms with van der Waals surface area (Å²) in [4.78, 5) is 11.8. The Morgan fingerprint density at radius 1 is 1.21 bits per heavy atom. The van der Waals surface area contributed by atoms with Crippen molar-refractivity contribution in [3.05, 3.63) is 29.8 Å². The Bertz CT molecular complexity index is 666. The molecule has 2 aliphatic heterocycles. The van der Waals surface area contributed by atoms with Crippen molar-refractivity contribution in [1.82, 2.24) is 10.0 Å². The lowest BCUT2D eigenvalue weighted by molar-refractivity contribution is 0.0526. The third-order valence-corrected chi connectivity index (χ3v) is 6.01. The Balaban J connectivity index is 0.00000208. The van der Waals surface area contributed by atoms with Gasteiger partial charge in [0.15, 0.2) is 0 Å². The van der Waals surface area contributed by atoms with Gasteiger partial charge in [0, 0.05) is 18.1 Å². The Morgan fingerprint density at radius 2 is 1.79 bits per heavy atom. The molecule has 2 saturated heterocycles. The fourth-order valence-electron chi connectivity index (χ4n) is 3.43. The minimum atomic E-state index is -3.56. The number of ether oxygens (including phenoxy) is 1. The number of carbonyl (C=O) groups excluding carboxylic acids is 1. The predicted octanol–water partition coefficient (Wildman–Crippen LogP) is 1.85. The second kappa shape index (κ2) is 7.82. The zero-order chi connectivity index (χ0) is 16.4. The molecule has 1 aromatic carbocycles. The molecule has 0 spiro atoms. The van der Waals surface area contributed by atoms with Crippen LogP contribution in [0, 0.1) is 0 Å². The van der Waals surface area contributed by atoms with Gasteiger partial charge in [0.2, 0.25) is 10.0 Å². The quantitative estimate of drug-likeness (QED) is 0.768. The molecule has 6 nitrogen and oxygen atoms in total. The monoisotopic (exact) mass is 374 g/mol. The van der Waals surface area contributed by atoms with Crippen LogP contribution in [0.15, 0.2) is 29.2 Å². The first-order valence-corrected chi connectivity index (χ1v) is 9.52. The third kappa shape index (κ3) is 4.27. The first-order valence-electron chi connectivity index (χ1n) is 8.03. The van der Waals surface area contributed by atoms with Crippen LogP contribution in [0.4, 0.5) is 0 Å². The number of halogens is 1. The first-order chi connectivity index (χ1) is 11.0. The number of benzene rings is 1. The molecule has 0 amide bonds. The molecule has 2 heterocycles. The number of sulfonamides is 1. The van der Waals surface area contributed by atoms with Crippen molar-refractivity contribution in [2.75, 3.05) is 6.61 Å². The highest BCUT2D eigenvalue weighted by atomic mass is 35.5. The second-order valence-corrected chi connectivity index (χ2v) is 7.89. The van der Waals surface area contributed by atoms with Crippen molar-refractivity contribution in [3.63, 3.8) is 0 Å². The Morgan fingerprint density at radius 3 is 2.33 bits per heavy atom. The lowest BCUT2D eigenvalue weighted by Crippen LogP contribution is -2.47. The van der Waals surface area contributed by atoms with Gasteiger partial charge < -0.3 is 10.1 Å². The molecule has 0 saturated carbocycles. The van der Waals surface area contributed by atoms with E-state index in [1.54, 1.807) is 6.92 Å². The minimum Gasteiger partial charge on any atom is -0.462 e.